The van der Waals surface area contributed by atoms with E-state index >= 15 is 0 Å². The van der Waals surface area contributed by atoms with Crippen LogP contribution < -0.4 is 15.3 Å². The van der Waals surface area contributed by atoms with Crippen LogP contribution in [-0.2, 0) is 25.4 Å². The van der Waals surface area contributed by atoms with E-state index in [9.17, 15) is 9.36 Å². The molecule has 2 atom stereocenters. The molecule has 3 aromatic rings. The van der Waals surface area contributed by atoms with Gasteiger partial charge in [-0.15, -0.1) is 0 Å². The first-order valence-electron chi connectivity index (χ1n) is 10.1. The Labute approximate surface area is 185 Å². The third-order valence-corrected chi connectivity index (χ3v) is 6.07. The highest BCUT2D eigenvalue weighted by Crippen LogP contribution is 2.43. The highest BCUT2D eigenvalue weighted by atomic mass is 31.2. The molecule has 0 spiro atoms. The van der Waals surface area contributed by atoms with Crippen molar-refractivity contribution in [2.24, 2.45) is 0 Å². The van der Waals surface area contributed by atoms with Crippen molar-refractivity contribution in [3.8, 4) is 5.75 Å². The first-order chi connectivity index (χ1) is 15.3. The quantitative estimate of drug-likeness (QED) is 0.248. The van der Waals surface area contributed by atoms with Gasteiger partial charge in [0.1, 0.15) is 30.0 Å². The zero-order valence-corrected chi connectivity index (χ0v) is 19.1. The van der Waals surface area contributed by atoms with Gasteiger partial charge in [-0.1, -0.05) is 18.2 Å². The SMILES string of the molecule is CC(C)OC(=O)[C@H](C)N[P@](=O)(COCCn1cnc2c(N)ncnc21)Oc1ccccc1. The van der Waals surface area contributed by atoms with Crippen molar-refractivity contribution in [1.82, 2.24) is 24.6 Å². The normalized spacial score (nSPS) is 14.2. The van der Waals surface area contributed by atoms with Crippen LogP contribution in [0, 0.1) is 0 Å². The molecule has 0 aliphatic carbocycles. The van der Waals surface area contributed by atoms with Crippen molar-refractivity contribution in [2.45, 2.75) is 39.5 Å². The first kappa shape index (κ1) is 23.6. The predicted octanol–water partition coefficient (Wildman–Crippen LogP) is 2.58. The molecular weight excluding hydrogens is 435 g/mol. The van der Waals surface area contributed by atoms with E-state index in [1.807, 2.05) is 6.07 Å². The van der Waals surface area contributed by atoms with Gasteiger partial charge in [0.2, 0.25) is 0 Å². The highest BCUT2D eigenvalue weighted by Gasteiger charge is 2.31. The van der Waals surface area contributed by atoms with Crippen molar-refractivity contribution in [2.75, 3.05) is 18.7 Å². The molecule has 3 N–H and O–H groups in total. The molecule has 0 fully saturated rings. The van der Waals surface area contributed by atoms with E-state index in [0.29, 0.717) is 29.3 Å². The van der Waals surface area contributed by atoms with E-state index in [1.54, 1.807) is 55.9 Å². The lowest BCUT2D eigenvalue weighted by molar-refractivity contribution is -0.149. The number of para-hydroxylation sites is 1. The zero-order valence-electron chi connectivity index (χ0n) is 18.2. The molecular formula is C20H27N6O5P. The number of esters is 1. The smallest absolute Gasteiger partial charge is 0.342 e. The van der Waals surface area contributed by atoms with E-state index in [-0.39, 0.29) is 19.1 Å². The summed E-state index contributed by atoms with van der Waals surface area (Å²) in [4.78, 5) is 24.5. The number of anilines is 1. The van der Waals surface area contributed by atoms with Gasteiger partial charge in [-0.05, 0) is 32.9 Å². The maximum absolute atomic E-state index is 13.5. The molecule has 0 bridgehead atoms. The summed E-state index contributed by atoms with van der Waals surface area (Å²) in [5.41, 5.74) is 6.88. The second kappa shape index (κ2) is 10.5. The number of carbonyl (C=O) groups excluding carboxylic acids is 1. The molecule has 0 unspecified atom stereocenters. The van der Waals surface area contributed by atoms with E-state index in [4.69, 9.17) is 19.7 Å². The molecule has 12 heteroatoms. The zero-order chi connectivity index (χ0) is 23.1. The van der Waals surface area contributed by atoms with Gasteiger partial charge in [-0.25, -0.2) is 20.0 Å². The van der Waals surface area contributed by atoms with Gasteiger partial charge in [-0.2, -0.15) is 0 Å². The van der Waals surface area contributed by atoms with Gasteiger partial charge >= 0.3 is 13.5 Å². The van der Waals surface area contributed by atoms with Gasteiger partial charge in [0.15, 0.2) is 11.5 Å². The number of nitrogen functional groups attached to an aromatic ring is 1. The summed E-state index contributed by atoms with van der Waals surface area (Å²) < 4.78 is 31.8. The van der Waals surface area contributed by atoms with Crippen LogP contribution in [0.3, 0.4) is 0 Å². The lowest BCUT2D eigenvalue weighted by Gasteiger charge is -2.24. The second-order valence-electron chi connectivity index (χ2n) is 7.32. The number of hydrogen-bond donors (Lipinski definition) is 2. The Bertz CT molecular complexity index is 1090. The first-order valence-corrected chi connectivity index (χ1v) is 11.9. The van der Waals surface area contributed by atoms with Crippen molar-refractivity contribution in [1.29, 1.82) is 0 Å². The van der Waals surface area contributed by atoms with Crippen LogP contribution in [-0.4, -0.2) is 50.6 Å². The van der Waals surface area contributed by atoms with E-state index in [2.05, 4.69) is 20.0 Å². The summed E-state index contributed by atoms with van der Waals surface area (Å²) in [6, 6.07) is 7.83. The topological polar surface area (TPSA) is 143 Å². The second-order valence-corrected chi connectivity index (χ2v) is 9.37. The number of rotatable bonds is 11. The highest BCUT2D eigenvalue weighted by molar-refractivity contribution is 7.57. The minimum Gasteiger partial charge on any atom is -0.462 e. The van der Waals surface area contributed by atoms with E-state index < -0.39 is 19.5 Å². The number of ether oxygens (including phenoxy) is 2. The molecule has 0 saturated heterocycles. The summed E-state index contributed by atoms with van der Waals surface area (Å²) in [6.45, 7) is 5.64. The molecule has 0 radical (unpaired) electrons. The molecule has 11 nitrogen and oxygen atoms in total. The molecule has 0 aliphatic heterocycles. The van der Waals surface area contributed by atoms with Gasteiger partial charge in [0.05, 0.1) is 19.0 Å². The summed E-state index contributed by atoms with van der Waals surface area (Å²) in [6.07, 6.45) is 2.40. The number of nitrogens with one attached hydrogen (secondary N) is 1. The molecule has 172 valence electrons. The number of carbonyl (C=O) groups is 1. The minimum absolute atomic E-state index is 0.198. The van der Waals surface area contributed by atoms with Gasteiger partial charge < -0.3 is 24.3 Å². The number of nitrogens with two attached hydrogens (primary N) is 1. The van der Waals surface area contributed by atoms with Crippen molar-refractivity contribution >= 4 is 30.5 Å². The monoisotopic (exact) mass is 462 g/mol. The molecule has 2 aromatic heterocycles. The number of nitrogens with zero attached hydrogens (tertiary/aromatic N) is 4. The Morgan fingerprint density at radius 3 is 2.66 bits per heavy atom. The Morgan fingerprint density at radius 2 is 1.94 bits per heavy atom. The van der Waals surface area contributed by atoms with Crippen LogP contribution in [0.5, 0.6) is 5.75 Å². The third kappa shape index (κ3) is 6.25. The standard InChI is InChI=1S/C20H27N6O5P/c1-14(2)30-20(27)15(3)25-32(28,31-16-7-5-4-6-8-16)13-29-10-9-26-12-24-17-18(21)22-11-23-19(17)26/h4-8,11-12,14-15H,9-10,13H2,1-3H3,(H,25,28)(H2,21,22,23)/t15-,32-/m0/s1. The van der Waals surface area contributed by atoms with Crippen LogP contribution >= 0.6 is 7.52 Å². The largest absolute Gasteiger partial charge is 0.462 e. The number of fused-ring (bicyclic) bond motifs is 1. The number of aromatic nitrogens is 4. The van der Waals surface area contributed by atoms with E-state index in [1.165, 1.54) is 6.33 Å². The molecule has 0 saturated carbocycles. The van der Waals surface area contributed by atoms with E-state index in [0.717, 1.165) is 0 Å². The summed E-state index contributed by atoms with van der Waals surface area (Å²) >= 11 is 0. The number of benzene rings is 1. The third-order valence-electron chi connectivity index (χ3n) is 4.26. The Morgan fingerprint density at radius 1 is 1.19 bits per heavy atom. The molecule has 0 amide bonds. The van der Waals surface area contributed by atoms with Crippen LogP contribution in [0.4, 0.5) is 5.82 Å². The lowest BCUT2D eigenvalue weighted by Crippen LogP contribution is -2.36. The van der Waals surface area contributed by atoms with Crippen LogP contribution in [0.1, 0.15) is 20.8 Å². The fourth-order valence-corrected chi connectivity index (χ4v) is 4.54. The number of imidazole rings is 1. The fourth-order valence-electron chi connectivity index (χ4n) is 2.83. The van der Waals surface area contributed by atoms with Crippen LogP contribution in [0.2, 0.25) is 0 Å². The average molecular weight is 462 g/mol. The van der Waals surface area contributed by atoms with Crippen molar-refractivity contribution in [3.63, 3.8) is 0 Å². The molecule has 2 heterocycles. The lowest BCUT2D eigenvalue weighted by atomic mass is 10.3. The van der Waals surface area contributed by atoms with Crippen LogP contribution in [0.25, 0.3) is 11.2 Å². The maximum Gasteiger partial charge on any atom is 0.342 e. The number of hydrogen-bond acceptors (Lipinski definition) is 9. The Hall–Kier alpha value is -3.01. The van der Waals surface area contributed by atoms with Gasteiger partial charge in [-0.3, -0.25) is 9.36 Å². The Balaban J connectivity index is 1.64. The van der Waals surface area contributed by atoms with Crippen molar-refractivity contribution in [3.05, 3.63) is 43.0 Å². The average Bonchev–Trinajstić information content (AvgIpc) is 3.16. The van der Waals surface area contributed by atoms with Crippen LogP contribution in [0.15, 0.2) is 43.0 Å². The Kier molecular flexibility index (Phi) is 7.79. The maximum atomic E-state index is 13.5. The fraction of sp³-hybridized carbons (Fsp3) is 0.400. The molecule has 1 aromatic carbocycles. The molecule has 32 heavy (non-hydrogen) atoms. The molecule has 0 aliphatic rings. The van der Waals surface area contributed by atoms with Crippen molar-refractivity contribution < 1.29 is 23.4 Å². The summed E-state index contributed by atoms with van der Waals surface area (Å²) in [7, 11) is -3.60. The molecule has 3 rings (SSSR count). The predicted molar refractivity (Wildman–Crippen MR) is 119 cm³/mol. The van der Waals surface area contributed by atoms with Gasteiger partial charge in [0.25, 0.3) is 0 Å². The summed E-state index contributed by atoms with van der Waals surface area (Å²) in [5, 5.41) is 2.76. The minimum atomic E-state index is -3.60. The van der Waals surface area contributed by atoms with Gasteiger partial charge in [0, 0.05) is 6.54 Å². The summed E-state index contributed by atoms with van der Waals surface area (Å²) in [5.74, 6) is 0.157.